The molecule has 5 nitrogen and oxygen atoms in total. The van der Waals surface area contributed by atoms with Gasteiger partial charge in [0.05, 0.1) is 0 Å². The standard InChI is InChI=1S/C16H24N2O3/c1-3-9-18-10-5-7-13(18)14(19)17-16(15(20)21)8-4-6-12(2)11-16/h5,7,10,12H,3-4,6,8-9,11H2,1-2H3,(H,17,19)(H,20,21). The van der Waals surface area contributed by atoms with Gasteiger partial charge in [-0.3, -0.25) is 4.79 Å². The predicted molar refractivity (Wildman–Crippen MR) is 80.2 cm³/mol. The van der Waals surface area contributed by atoms with Gasteiger partial charge in [0.2, 0.25) is 0 Å². The molecule has 21 heavy (non-hydrogen) atoms. The molecule has 2 atom stereocenters. The molecule has 0 aromatic carbocycles. The van der Waals surface area contributed by atoms with E-state index < -0.39 is 11.5 Å². The molecule has 116 valence electrons. The number of nitrogens with one attached hydrogen (secondary N) is 1. The molecule has 0 saturated heterocycles. The van der Waals surface area contributed by atoms with Crippen LogP contribution in [0.25, 0.3) is 0 Å². The van der Waals surface area contributed by atoms with Crippen molar-refractivity contribution in [2.45, 2.75) is 58.0 Å². The Morgan fingerprint density at radius 3 is 2.90 bits per heavy atom. The van der Waals surface area contributed by atoms with Crippen LogP contribution in [0.1, 0.15) is 56.4 Å². The Labute approximate surface area is 125 Å². The van der Waals surface area contributed by atoms with Crippen molar-refractivity contribution < 1.29 is 14.7 Å². The monoisotopic (exact) mass is 292 g/mol. The fraction of sp³-hybridized carbons (Fsp3) is 0.625. The number of carboxylic acid groups (broad SMARTS) is 1. The van der Waals surface area contributed by atoms with Gasteiger partial charge in [0.1, 0.15) is 11.2 Å². The summed E-state index contributed by atoms with van der Waals surface area (Å²) >= 11 is 0. The first-order valence-corrected chi connectivity index (χ1v) is 7.69. The van der Waals surface area contributed by atoms with Crippen molar-refractivity contribution in [1.29, 1.82) is 0 Å². The highest BCUT2D eigenvalue weighted by Crippen LogP contribution is 2.32. The molecular formula is C16H24N2O3. The van der Waals surface area contributed by atoms with Crippen molar-refractivity contribution in [3.8, 4) is 0 Å². The maximum Gasteiger partial charge on any atom is 0.329 e. The van der Waals surface area contributed by atoms with Crippen LogP contribution in [-0.4, -0.2) is 27.1 Å². The Hall–Kier alpha value is -1.78. The number of aryl methyl sites for hydroxylation is 1. The number of carbonyl (C=O) groups excluding carboxylic acids is 1. The van der Waals surface area contributed by atoms with E-state index in [9.17, 15) is 14.7 Å². The molecule has 1 aromatic heterocycles. The SMILES string of the molecule is CCCn1cccc1C(=O)NC1(C(=O)O)CCCC(C)C1. The smallest absolute Gasteiger partial charge is 0.329 e. The van der Waals surface area contributed by atoms with Gasteiger partial charge in [-0.25, -0.2) is 4.79 Å². The first kappa shape index (κ1) is 15.6. The summed E-state index contributed by atoms with van der Waals surface area (Å²) in [5.41, 5.74) is -0.577. The van der Waals surface area contributed by atoms with Gasteiger partial charge in [-0.2, -0.15) is 0 Å². The Bertz CT molecular complexity index is 523. The van der Waals surface area contributed by atoms with Gasteiger partial charge in [-0.1, -0.05) is 26.7 Å². The van der Waals surface area contributed by atoms with Crippen LogP contribution in [0.3, 0.4) is 0 Å². The molecule has 0 radical (unpaired) electrons. The lowest BCUT2D eigenvalue weighted by atomic mass is 9.76. The number of aliphatic carboxylic acids is 1. The zero-order valence-corrected chi connectivity index (χ0v) is 12.8. The van der Waals surface area contributed by atoms with E-state index in [0.29, 0.717) is 24.5 Å². The van der Waals surface area contributed by atoms with Crippen molar-refractivity contribution in [1.82, 2.24) is 9.88 Å². The van der Waals surface area contributed by atoms with Crippen LogP contribution in [0.15, 0.2) is 18.3 Å². The molecule has 1 saturated carbocycles. The number of aromatic nitrogens is 1. The molecule has 0 spiro atoms. The Balaban J connectivity index is 2.18. The van der Waals surface area contributed by atoms with Crippen molar-refractivity contribution in [2.75, 3.05) is 0 Å². The zero-order valence-electron chi connectivity index (χ0n) is 12.8. The van der Waals surface area contributed by atoms with Crippen molar-refractivity contribution in [3.05, 3.63) is 24.0 Å². The number of carbonyl (C=O) groups is 2. The summed E-state index contributed by atoms with van der Waals surface area (Å²) in [5.74, 6) is -0.890. The molecular weight excluding hydrogens is 268 g/mol. The third-order valence-electron chi connectivity index (χ3n) is 4.29. The first-order valence-electron chi connectivity index (χ1n) is 7.69. The van der Waals surface area contributed by atoms with E-state index in [2.05, 4.69) is 5.32 Å². The maximum atomic E-state index is 12.5. The molecule has 0 bridgehead atoms. The molecule has 1 fully saturated rings. The number of amides is 1. The fourth-order valence-corrected chi connectivity index (χ4v) is 3.25. The first-order chi connectivity index (χ1) is 9.98. The molecule has 2 rings (SSSR count). The van der Waals surface area contributed by atoms with Crippen LogP contribution in [0.4, 0.5) is 0 Å². The van der Waals surface area contributed by atoms with Gasteiger partial charge in [-0.15, -0.1) is 0 Å². The Morgan fingerprint density at radius 2 is 2.29 bits per heavy atom. The topological polar surface area (TPSA) is 71.3 Å². The fourth-order valence-electron chi connectivity index (χ4n) is 3.25. The van der Waals surface area contributed by atoms with Gasteiger partial charge in [0.25, 0.3) is 5.91 Å². The van der Waals surface area contributed by atoms with E-state index in [0.717, 1.165) is 25.8 Å². The molecule has 2 N–H and O–H groups in total. The summed E-state index contributed by atoms with van der Waals surface area (Å²) in [5, 5.41) is 12.4. The quantitative estimate of drug-likeness (QED) is 0.876. The van der Waals surface area contributed by atoms with Crippen LogP contribution in [0.5, 0.6) is 0 Å². The molecule has 1 amide bonds. The third kappa shape index (κ3) is 3.28. The predicted octanol–water partition coefficient (Wildman–Crippen LogP) is 2.66. The summed E-state index contributed by atoms with van der Waals surface area (Å²) in [6.07, 6.45) is 5.65. The molecule has 1 aromatic rings. The molecule has 1 aliphatic carbocycles. The molecule has 0 aliphatic heterocycles. The minimum absolute atomic E-state index is 0.287. The van der Waals surface area contributed by atoms with Gasteiger partial charge >= 0.3 is 5.97 Å². The number of carboxylic acids is 1. The summed E-state index contributed by atoms with van der Waals surface area (Å²) in [4.78, 5) is 24.2. The van der Waals surface area contributed by atoms with E-state index in [4.69, 9.17) is 0 Å². The van der Waals surface area contributed by atoms with E-state index >= 15 is 0 Å². The van der Waals surface area contributed by atoms with Crippen molar-refractivity contribution in [2.24, 2.45) is 5.92 Å². The molecule has 1 heterocycles. The second-order valence-electron chi connectivity index (χ2n) is 6.13. The number of rotatable bonds is 5. The van der Waals surface area contributed by atoms with Crippen molar-refractivity contribution in [3.63, 3.8) is 0 Å². The molecule has 2 unspecified atom stereocenters. The summed E-state index contributed by atoms with van der Waals surface area (Å²) in [6.45, 7) is 4.85. The Morgan fingerprint density at radius 1 is 1.52 bits per heavy atom. The summed E-state index contributed by atoms with van der Waals surface area (Å²) in [7, 11) is 0. The molecule has 1 aliphatic rings. The highest BCUT2D eigenvalue weighted by molar-refractivity contribution is 5.96. The van der Waals surface area contributed by atoms with Crippen LogP contribution in [-0.2, 0) is 11.3 Å². The average Bonchev–Trinajstić information content (AvgIpc) is 2.87. The lowest BCUT2D eigenvalue weighted by molar-refractivity contribution is -0.146. The minimum atomic E-state index is -1.12. The lowest BCUT2D eigenvalue weighted by Gasteiger charge is -2.37. The summed E-state index contributed by atoms with van der Waals surface area (Å²) in [6, 6.07) is 3.56. The summed E-state index contributed by atoms with van der Waals surface area (Å²) < 4.78 is 1.87. The third-order valence-corrected chi connectivity index (χ3v) is 4.29. The molecule has 5 heteroatoms. The van der Waals surface area contributed by atoms with E-state index in [-0.39, 0.29) is 5.91 Å². The van der Waals surface area contributed by atoms with E-state index in [1.165, 1.54) is 0 Å². The maximum absolute atomic E-state index is 12.5. The normalized spacial score (nSPS) is 25.5. The van der Waals surface area contributed by atoms with E-state index in [1.807, 2.05) is 30.7 Å². The van der Waals surface area contributed by atoms with E-state index in [1.54, 1.807) is 6.07 Å². The highest BCUT2D eigenvalue weighted by Gasteiger charge is 2.43. The average molecular weight is 292 g/mol. The van der Waals surface area contributed by atoms with Crippen LogP contribution < -0.4 is 5.32 Å². The highest BCUT2D eigenvalue weighted by atomic mass is 16.4. The minimum Gasteiger partial charge on any atom is -0.480 e. The van der Waals surface area contributed by atoms with Gasteiger partial charge < -0.3 is 15.0 Å². The van der Waals surface area contributed by atoms with Crippen LogP contribution >= 0.6 is 0 Å². The van der Waals surface area contributed by atoms with Crippen LogP contribution in [0.2, 0.25) is 0 Å². The second kappa shape index (κ2) is 6.33. The van der Waals surface area contributed by atoms with Gasteiger partial charge in [0.15, 0.2) is 0 Å². The Kier molecular flexibility index (Phi) is 4.70. The van der Waals surface area contributed by atoms with Crippen LogP contribution in [0, 0.1) is 5.92 Å². The number of nitrogens with zero attached hydrogens (tertiary/aromatic N) is 1. The number of hydrogen-bond donors (Lipinski definition) is 2. The second-order valence-corrected chi connectivity index (χ2v) is 6.13. The van der Waals surface area contributed by atoms with Gasteiger partial charge in [-0.05, 0) is 37.3 Å². The van der Waals surface area contributed by atoms with Crippen molar-refractivity contribution >= 4 is 11.9 Å². The largest absolute Gasteiger partial charge is 0.480 e. The van der Waals surface area contributed by atoms with Gasteiger partial charge in [0, 0.05) is 12.7 Å². The lowest BCUT2D eigenvalue weighted by Crippen LogP contribution is -2.57. The number of hydrogen-bond acceptors (Lipinski definition) is 2. The zero-order chi connectivity index (χ0) is 15.5.